The molecule has 1 aliphatic carbocycles. The number of rotatable bonds is 4. The average molecular weight is 267 g/mol. The van der Waals surface area contributed by atoms with Crippen LogP contribution in [0.15, 0.2) is 18.2 Å². The summed E-state index contributed by atoms with van der Waals surface area (Å²) in [5, 5.41) is 3.43. The first-order chi connectivity index (χ1) is 8.73. The minimum atomic E-state index is -0.784. The summed E-state index contributed by atoms with van der Waals surface area (Å²) < 4.78 is 26.5. The van der Waals surface area contributed by atoms with Gasteiger partial charge in [0.1, 0.15) is 0 Å². The molecule has 0 aliphatic heterocycles. The number of halogens is 2. The molecular formula is C16H23F2N. The molecule has 1 atom stereocenters. The number of nitrogens with one attached hydrogen (secondary N) is 1. The largest absolute Gasteiger partial charge is 0.310 e. The zero-order chi connectivity index (χ0) is 14.4. The minimum absolute atomic E-state index is 0.0742. The van der Waals surface area contributed by atoms with Gasteiger partial charge in [-0.2, -0.15) is 0 Å². The van der Waals surface area contributed by atoms with Gasteiger partial charge in [0.05, 0.1) is 0 Å². The lowest BCUT2D eigenvalue weighted by Gasteiger charge is -2.21. The number of hydrogen-bond donors (Lipinski definition) is 1. The number of hydrogen-bond acceptors (Lipinski definition) is 1. The van der Waals surface area contributed by atoms with Crippen LogP contribution in [0.5, 0.6) is 0 Å². The van der Waals surface area contributed by atoms with Crippen LogP contribution in [0.3, 0.4) is 0 Å². The van der Waals surface area contributed by atoms with Crippen LogP contribution in [0, 0.1) is 28.4 Å². The Hall–Kier alpha value is -0.960. The van der Waals surface area contributed by atoms with Crippen molar-refractivity contribution in [2.45, 2.75) is 40.7 Å². The molecular weight excluding hydrogens is 244 g/mol. The molecule has 1 unspecified atom stereocenters. The highest BCUT2D eigenvalue weighted by molar-refractivity contribution is 5.28. The predicted molar refractivity (Wildman–Crippen MR) is 73.8 cm³/mol. The molecule has 0 amide bonds. The third-order valence-electron chi connectivity index (χ3n) is 5.19. The normalized spacial score (nSPS) is 22.3. The van der Waals surface area contributed by atoms with Crippen LogP contribution in [0.1, 0.15) is 46.2 Å². The van der Waals surface area contributed by atoms with E-state index in [9.17, 15) is 8.78 Å². The summed E-state index contributed by atoms with van der Waals surface area (Å²) in [7, 11) is 0. The molecule has 1 aromatic rings. The second-order valence-corrected chi connectivity index (χ2v) is 6.63. The lowest BCUT2D eigenvalue weighted by atomic mass is 9.96. The van der Waals surface area contributed by atoms with E-state index in [1.807, 2.05) is 6.92 Å². The molecule has 0 spiro atoms. The molecule has 2 rings (SSSR count). The molecule has 0 bridgehead atoms. The summed E-state index contributed by atoms with van der Waals surface area (Å²) in [5.74, 6) is -1.13. The molecule has 1 nitrogen and oxygen atoms in total. The van der Waals surface area contributed by atoms with Crippen LogP contribution in [-0.4, -0.2) is 6.54 Å². The lowest BCUT2D eigenvalue weighted by Crippen LogP contribution is -2.25. The second kappa shape index (κ2) is 4.55. The standard InChI is InChI=1S/C16H23F2N/c1-6-19-13(14-15(2,3)16(14,4)5)10-7-8-11(17)12(18)9-10/h7-9,13-14,19H,6H2,1-5H3. The molecule has 0 saturated heterocycles. The molecule has 106 valence electrons. The van der Waals surface area contributed by atoms with Crippen molar-refractivity contribution < 1.29 is 8.78 Å². The summed E-state index contributed by atoms with van der Waals surface area (Å²) in [6.07, 6.45) is 0. The first kappa shape index (κ1) is 14.4. The highest BCUT2D eigenvalue weighted by Crippen LogP contribution is 2.72. The predicted octanol–water partition coefficient (Wildman–Crippen LogP) is 4.30. The second-order valence-electron chi connectivity index (χ2n) is 6.63. The number of benzene rings is 1. The van der Waals surface area contributed by atoms with E-state index in [4.69, 9.17) is 0 Å². The van der Waals surface area contributed by atoms with Gasteiger partial charge in [-0.1, -0.05) is 40.7 Å². The Labute approximate surface area is 114 Å². The topological polar surface area (TPSA) is 12.0 Å². The van der Waals surface area contributed by atoms with E-state index in [-0.39, 0.29) is 16.9 Å². The van der Waals surface area contributed by atoms with Crippen molar-refractivity contribution in [2.24, 2.45) is 16.7 Å². The van der Waals surface area contributed by atoms with Crippen molar-refractivity contribution in [2.75, 3.05) is 6.54 Å². The van der Waals surface area contributed by atoms with E-state index >= 15 is 0 Å². The molecule has 1 saturated carbocycles. The summed E-state index contributed by atoms with van der Waals surface area (Å²) in [4.78, 5) is 0. The van der Waals surface area contributed by atoms with Crippen LogP contribution >= 0.6 is 0 Å². The SMILES string of the molecule is CCNC(c1ccc(F)c(F)c1)C1C(C)(C)C1(C)C. The van der Waals surface area contributed by atoms with Crippen molar-refractivity contribution in [3.63, 3.8) is 0 Å². The quantitative estimate of drug-likeness (QED) is 0.857. The third kappa shape index (κ3) is 2.18. The lowest BCUT2D eigenvalue weighted by molar-refractivity contribution is 0.414. The Kier molecular flexibility index (Phi) is 3.46. The first-order valence-corrected chi connectivity index (χ1v) is 6.91. The van der Waals surface area contributed by atoms with Gasteiger partial charge in [-0.3, -0.25) is 0 Å². The van der Waals surface area contributed by atoms with Crippen LogP contribution < -0.4 is 5.32 Å². The van der Waals surface area contributed by atoms with Gasteiger partial charge in [0.2, 0.25) is 0 Å². The summed E-state index contributed by atoms with van der Waals surface area (Å²) in [5.41, 5.74) is 1.24. The van der Waals surface area contributed by atoms with Gasteiger partial charge >= 0.3 is 0 Å². The summed E-state index contributed by atoms with van der Waals surface area (Å²) >= 11 is 0. The fourth-order valence-corrected chi connectivity index (χ4v) is 3.43. The molecule has 1 aliphatic rings. The van der Waals surface area contributed by atoms with E-state index in [2.05, 4.69) is 33.0 Å². The van der Waals surface area contributed by atoms with E-state index < -0.39 is 11.6 Å². The van der Waals surface area contributed by atoms with Gasteiger partial charge in [0.15, 0.2) is 11.6 Å². The Bertz CT molecular complexity index is 466. The Morgan fingerprint density at radius 2 is 1.68 bits per heavy atom. The molecule has 1 aromatic carbocycles. The molecule has 1 fully saturated rings. The first-order valence-electron chi connectivity index (χ1n) is 6.91. The van der Waals surface area contributed by atoms with E-state index in [1.54, 1.807) is 6.07 Å². The zero-order valence-electron chi connectivity index (χ0n) is 12.3. The summed E-state index contributed by atoms with van der Waals surface area (Å²) in [6.45, 7) is 11.8. The monoisotopic (exact) mass is 267 g/mol. The molecule has 0 heterocycles. The summed E-state index contributed by atoms with van der Waals surface area (Å²) in [6, 6.07) is 4.31. The van der Waals surface area contributed by atoms with E-state index in [0.29, 0.717) is 5.92 Å². The van der Waals surface area contributed by atoms with Crippen LogP contribution in [0.25, 0.3) is 0 Å². The van der Waals surface area contributed by atoms with Crippen molar-refractivity contribution >= 4 is 0 Å². The highest BCUT2D eigenvalue weighted by atomic mass is 19.2. The van der Waals surface area contributed by atoms with Gasteiger partial charge in [-0.05, 0) is 41.0 Å². The van der Waals surface area contributed by atoms with Gasteiger partial charge < -0.3 is 5.32 Å². The molecule has 3 heteroatoms. The maximum atomic E-state index is 13.4. The fourth-order valence-electron chi connectivity index (χ4n) is 3.43. The van der Waals surface area contributed by atoms with Crippen LogP contribution in [0.4, 0.5) is 8.78 Å². The minimum Gasteiger partial charge on any atom is -0.310 e. The maximum Gasteiger partial charge on any atom is 0.159 e. The molecule has 0 aromatic heterocycles. The van der Waals surface area contributed by atoms with Crippen molar-refractivity contribution in [3.8, 4) is 0 Å². The average Bonchev–Trinajstić information content (AvgIpc) is 2.71. The molecule has 1 N–H and O–H groups in total. The van der Waals surface area contributed by atoms with Gasteiger partial charge in [0, 0.05) is 6.04 Å². The maximum absolute atomic E-state index is 13.4. The van der Waals surface area contributed by atoms with Crippen molar-refractivity contribution in [1.82, 2.24) is 5.32 Å². The Morgan fingerprint density at radius 3 is 2.11 bits per heavy atom. The van der Waals surface area contributed by atoms with Crippen LogP contribution in [0.2, 0.25) is 0 Å². The Balaban J connectivity index is 2.34. The highest BCUT2D eigenvalue weighted by Gasteiger charge is 2.67. The van der Waals surface area contributed by atoms with Crippen LogP contribution in [-0.2, 0) is 0 Å². The Morgan fingerprint density at radius 1 is 1.11 bits per heavy atom. The van der Waals surface area contributed by atoms with Gasteiger partial charge in [0.25, 0.3) is 0 Å². The van der Waals surface area contributed by atoms with Crippen molar-refractivity contribution in [3.05, 3.63) is 35.4 Å². The third-order valence-corrected chi connectivity index (χ3v) is 5.19. The smallest absolute Gasteiger partial charge is 0.159 e. The molecule has 0 radical (unpaired) electrons. The fraction of sp³-hybridized carbons (Fsp3) is 0.625. The van der Waals surface area contributed by atoms with E-state index in [0.717, 1.165) is 12.1 Å². The molecule has 19 heavy (non-hydrogen) atoms. The van der Waals surface area contributed by atoms with Gasteiger partial charge in [-0.25, -0.2) is 8.78 Å². The zero-order valence-corrected chi connectivity index (χ0v) is 12.3. The van der Waals surface area contributed by atoms with E-state index in [1.165, 1.54) is 12.1 Å². The van der Waals surface area contributed by atoms with Gasteiger partial charge in [-0.15, -0.1) is 0 Å². The van der Waals surface area contributed by atoms with Crippen molar-refractivity contribution in [1.29, 1.82) is 0 Å².